The van der Waals surface area contributed by atoms with Gasteiger partial charge < -0.3 is 9.64 Å². The maximum Gasteiger partial charge on any atom is 0.198 e. The van der Waals surface area contributed by atoms with Gasteiger partial charge in [-0.15, -0.1) is 21.9 Å². The molecule has 0 saturated carbocycles. The van der Waals surface area contributed by atoms with Gasteiger partial charge in [0, 0.05) is 12.1 Å². The molecule has 9 aromatic rings. The van der Waals surface area contributed by atoms with E-state index in [0.29, 0.717) is 0 Å². The highest BCUT2D eigenvalue weighted by atomic mass is 19.2. The lowest BCUT2D eigenvalue weighted by Crippen LogP contribution is -3.03. The normalized spacial score (nSPS) is 12.3. The highest BCUT2D eigenvalue weighted by Gasteiger charge is 2.52. The van der Waals surface area contributed by atoms with Crippen LogP contribution in [0.3, 0.4) is 0 Å². The summed E-state index contributed by atoms with van der Waals surface area (Å²) in [5, 5.41) is -25.0. The molecule has 0 aliphatic rings. The smallest absolute Gasteiger partial charge is 0.198 e. The second-order valence-electron chi connectivity index (χ2n) is 23.2. The predicted octanol–water partition coefficient (Wildman–Crippen LogP) is 19.1. The number of ether oxygens (including phenoxy) is 1. The third-order valence-electron chi connectivity index (χ3n) is 17.2. The van der Waals surface area contributed by atoms with Crippen LogP contribution in [0.4, 0.5) is 129 Å². The van der Waals surface area contributed by atoms with Crippen molar-refractivity contribution in [1.29, 1.82) is 0 Å². The molecule has 31 heteroatoms. The summed E-state index contributed by atoms with van der Waals surface area (Å²) in [5.41, 5.74) is -14.5. The fourth-order valence-electron chi connectivity index (χ4n) is 12.3. The molecule has 0 fully saturated rings. The van der Waals surface area contributed by atoms with Crippen LogP contribution in [0.5, 0.6) is 5.75 Å². The number of halogens is 28. The SMILES string of the molecule is CCCCCCCCCCOc1ccc([NH+](C)CCCCCCCCCC)cc1.Fc1c(F)c(F)c2c(F)c([B-](c3c(F)c(F)c4c(F)c(F)c(F)c(F)c4c3F)(c3c(F)c(F)c4c(F)c(F)c(F)c(F)c4c3F)c3c(F)c(F)c4c(F)c(F)c(F)c(F)c4c3F)c(F)c(F)c2c1F. The van der Waals surface area contributed by atoms with Crippen molar-refractivity contribution >= 4 is 76.8 Å². The Kier molecular flexibility index (Phi) is 23.6. The summed E-state index contributed by atoms with van der Waals surface area (Å²) in [6.07, 6.45) is 13.9. The van der Waals surface area contributed by atoms with E-state index >= 15 is 87.8 Å². The summed E-state index contributed by atoms with van der Waals surface area (Å²) < 4.78 is 448. The van der Waals surface area contributed by atoms with Crippen molar-refractivity contribution in [2.45, 2.75) is 117 Å². The first-order valence-electron chi connectivity index (χ1n) is 30.3. The van der Waals surface area contributed by atoms with Crippen molar-refractivity contribution in [3.05, 3.63) is 187 Å². The Morgan fingerprint density at radius 1 is 0.245 bits per heavy atom. The zero-order valence-corrected chi connectivity index (χ0v) is 51.1. The Morgan fingerprint density at radius 3 is 0.694 bits per heavy atom. The number of unbranched alkanes of at least 4 members (excludes halogenated alkanes) is 14. The molecule has 0 spiro atoms. The lowest BCUT2D eigenvalue weighted by atomic mass is 9.12. The number of rotatable bonds is 24. The molecule has 98 heavy (non-hydrogen) atoms. The van der Waals surface area contributed by atoms with Gasteiger partial charge in [0.25, 0.3) is 0 Å². The van der Waals surface area contributed by atoms with Crippen molar-refractivity contribution in [3.63, 3.8) is 0 Å². The number of hydrogen-bond donors (Lipinski definition) is 1. The summed E-state index contributed by atoms with van der Waals surface area (Å²) in [4.78, 5) is 1.52. The lowest BCUT2D eigenvalue weighted by molar-refractivity contribution is -0.810. The summed E-state index contributed by atoms with van der Waals surface area (Å²) in [5.74, 6) is -101. The van der Waals surface area contributed by atoms with Gasteiger partial charge in [0.05, 0.1) is 63.3 Å². The second-order valence-corrected chi connectivity index (χ2v) is 23.2. The van der Waals surface area contributed by atoms with Crippen LogP contribution in [-0.4, -0.2) is 26.3 Å². The molecule has 0 heterocycles. The summed E-state index contributed by atoms with van der Waals surface area (Å²) in [6, 6.07) is 8.78. The van der Waals surface area contributed by atoms with Gasteiger partial charge in [-0.3, -0.25) is 0 Å². The van der Waals surface area contributed by atoms with Crippen LogP contribution >= 0.6 is 0 Å². The number of fused-ring (bicyclic) bond motifs is 4. The van der Waals surface area contributed by atoms with E-state index in [2.05, 4.69) is 45.2 Å². The Labute approximate surface area is 537 Å². The maximum absolute atomic E-state index is 17.4. The van der Waals surface area contributed by atoms with Crippen molar-refractivity contribution in [1.82, 2.24) is 0 Å². The molecule has 0 radical (unpaired) electrons. The average Bonchev–Trinajstić information content (AvgIpc) is 0.669. The van der Waals surface area contributed by atoms with Gasteiger partial charge in [-0.25, -0.2) is 123 Å². The van der Waals surface area contributed by atoms with Gasteiger partial charge in [0.1, 0.15) is 64.1 Å². The van der Waals surface area contributed by atoms with Crippen LogP contribution in [0.25, 0.3) is 43.1 Å². The van der Waals surface area contributed by atoms with Gasteiger partial charge in [-0.05, 0) is 31.4 Å². The van der Waals surface area contributed by atoms with E-state index < -0.39 is 234 Å². The molecule has 1 atom stereocenters. The average molecular weight is 1430 g/mol. The van der Waals surface area contributed by atoms with Crippen LogP contribution in [0.1, 0.15) is 117 Å². The molecule has 528 valence electrons. The van der Waals surface area contributed by atoms with Crippen LogP contribution < -0.4 is 31.5 Å². The zero-order chi connectivity index (χ0) is 72.6. The highest BCUT2D eigenvalue weighted by molar-refractivity contribution is 7.20. The Hall–Kier alpha value is -8.12. The predicted molar refractivity (Wildman–Crippen MR) is 307 cm³/mol. The molecule has 1 unspecified atom stereocenters. The quantitative estimate of drug-likeness (QED) is 0.0209. The minimum atomic E-state index is -7.99. The fraction of sp³-hybridized carbons (Fsp3) is 0.313. The van der Waals surface area contributed by atoms with Crippen molar-refractivity contribution in [2.75, 3.05) is 20.2 Å². The van der Waals surface area contributed by atoms with Crippen molar-refractivity contribution in [3.8, 4) is 5.75 Å². The Bertz CT molecular complexity index is 4110. The molecule has 9 aromatic carbocycles. The van der Waals surface area contributed by atoms with E-state index in [1.54, 1.807) is 0 Å². The number of hydrogen-bond acceptors (Lipinski definition) is 1. The van der Waals surface area contributed by atoms with E-state index in [9.17, 15) is 35.1 Å². The summed E-state index contributed by atoms with van der Waals surface area (Å²) in [7, 11) is 2.29. The molecular weight excluding hydrogens is 1380 g/mol. The molecule has 9 rings (SSSR count). The van der Waals surface area contributed by atoms with Crippen LogP contribution in [0.2, 0.25) is 0 Å². The zero-order valence-electron chi connectivity index (χ0n) is 51.1. The highest BCUT2D eigenvalue weighted by Crippen LogP contribution is 2.41. The second kappa shape index (κ2) is 30.6. The third-order valence-corrected chi connectivity index (χ3v) is 17.2. The van der Waals surface area contributed by atoms with Gasteiger partial charge in [0.2, 0.25) is 0 Å². The van der Waals surface area contributed by atoms with E-state index in [0.717, 1.165) is 12.4 Å². The molecule has 0 aliphatic carbocycles. The minimum Gasteiger partial charge on any atom is -0.494 e. The first kappa shape index (κ1) is 75.7. The molecule has 2 nitrogen and oxygen atoms in total. The van der Waals surface area contributed by atoms with Crippen LogP contribution in [0.15, 0.2) is 24.3 Å². The molecule has 0 aliphatic heterocycles. The first-order chi connectivity index (χ1) is 46.3. The lowest BCUT2D eigenvalue weighted by Gasteiger charge is -2.45. The van der Waals surface area contributed by atoms with Gasteiger partial charge in [-0.2, -0.15) is 0 Å². The Balaban J connectivity index is 0.000000355. The minimum absolute atomic E-state index is 0.856. The molecule has 0 saturated heterocycles. The van der Waals surface area contributed by atoms with E-state index in [1.807, 2.05) is 0 Å². The summed E-state index contributed by atoms with van der Waals surface area (Å²) >= 11 is 0. The number of nitrogens with one attached hydrogen (secondary N) is 1. The van der Waals surface area contributed by atoms with Crippen LogP contribution in [0, 0.1) is 163 Å². The number of benzene rings is 9. The molecule has 0 bridgehead atoms. The van der Waals surface area contributed by atoms with Crippen molar-refractivity contribution in [2.24, 2.45) is 0 Å². The molecular formula is C67H50BF28NO. The van der Waals surface area contributed by atoms with Crippen molar-refractivity contribution < 1.29 is 133 Å². The molecule has 1 N–H and O–H groups in total. The van der Waals surface area contributed by atoms with Gasteiger partial charge in [-0.1, -0.05) is 97.3 Å². The monoisotopic (exact) mass is 1430 g/mol. The number of quaternary nitrogens is 1. The standard InChI is InChI=1S/C40BF28.C27H49NO/c42-13-1-5(25(54)37(66)33(62)21(1)50)17(46)29(58)9(13)41(10-14(43)2-6(18(47)30(10)59)26(55)38(67)34(63)22(2)51,11-15(44)3-7(19(48)31(11)60)27(56)39(68)35(64)23(3)52)12-16(45)4-8(20(49)32(12)61)28(57)40(69)36(65)24(4)53;1-4-6-8-10-12-14-16-18-24-28(3)26-20-22-27(23-21-26)29-25-19-17-15-13-11-9-7-5-2/h;20-23H,4-19,24-25H2,1-3H3/q-1;/p+1. The maximum atomic E-state index is 17.4. The topological polar surface area (TPSA) is 13.7 Å². The Morgan fingerprint density at radius 2 is 0.449 bits per heavy atom. The molecule has 0 amide bonds. The first-order valence-corrected chi connectivity index (χ1v) is 30.3. The van der Waals surface area contributed by atoms with Gasteiger partial charge >= 0.3 is 0 Å². The van der Waals surface area contributed by atoms with E-state index in [-0.39, 0.29) is 0 Å². The van der Waals surface area contributed by atoms with Gasteiger partial charge in [0.15, 0.2) is 116 Å². The molecule has 0 aromatic heterocycles. The van der Waals surface area contributed by atoms with E-state index in [4.69, 9.17) is 4.74 Å². The fourth-order valence-corrected chi connectivity index (χ4v) is 12.3. The summed E-state index contributed by atoms with van der Waals surface area (Å²) in [6.45, 7) is 6.65. The van der Waals surface area contributed by atoms with Crippen LogP contribution in [-0.2, 0) is 0 Å². The van der Waals surface area contributed by atoms with E-state index in [1.165, 1.54) is 120 Å². The third kappa shape index (κ3) is 12.9. The largest absolute Gasteiger partial charge is 0.494 e.